The van der Waals surface area contributed by atoms with Crippen LogP contribution in [0.1, 0.15) is 26.0 Å². The first-order valence-corrected chi connectivity index (χ1v) is 10.1. The summed E-state index contributed by atoms with van der Waals surface area (Å²) in [5.41, 5.74) is 4.02. The number of phosphoric ester groups is 1. The molecule has 154 valence electrons. The van der Waals surface area contributed by atoms with E-state index >= 15 is 4.39 Å². The zero-order valence-electron chi connectivity index (χ0n) is 14.8. The molecule has 0 radical (unpaired) electrons. The molecule has 0 bridgehead atoms. The summed E-state index contributed by atoms with van der Waals surface area (Å²) < 4.78 is 37.3. The fraction of sp³-hybridized carbons (Fsp3) is 0.643. The third-order valence-electron chi connectivity index (χ3n) is 4.73. The van der Waals surface area contributed by atoms with Crippen LogP contribution >= 0.6 is 7.82 Å². The van der Waals surface area contributed by atoms with Crippen LogP contribution in [0.3, 0.4) is 0 Å². The Balaban J connectivity index is 1.67. The number of imidazole rings is 1. The summed E-state index contributed by atoms with van der Waals surface area (Å²) in [6.07, 6.45) is -1.11. The Morgan fingerprint density at radius 2 is 2.21 bits per heavy atom. The maximum Gasteiger partial charge on any atom is 0.469 e. The second-order valence-electron chi connectivity index (χ2n) is 7.08. The highest BCUT2D eigenvalue weighted by molar-refractivity contribution is 7.46. The van der Waals surface area contributed by atoms with Crippen molar-refractivity contribution in [3.05, 3.63) is 6.33 Å². The Morgan fingerprint density at radius 1 is 1.50 bits per heavy atom. The van der Waals surface area contributed by atoms with Gasteiger partial charge in [-0.25, -0.2) is 13.9 Å². The lowest BCUT2D eigenvalue weighted by Gasteiger charge is -2.24. The van der Waals surface area contributed by atoms with E-state index in [0.717, 1.165) is 19.8 Å². The molecule has 14 heteroatoms. The van der Waals surface area contributed by atoms with E-state index in [1.165, 1.54) is 10.9 Å². The van der Waals surface area contributed by atoms with Gasteiger partial charge in [0.15, 0.2) is 28.9 Å². The number of aromatic nitrogens is 4. The van der Waals surface area contributed by atoms with Crippen LogP contribution in [0, 0.1) is 0 Å². The summed E-state index contributed by atoms with van der Waals surface area (Å²) in [4.78, 5) is 30.1. The first-order chi connectivity index (χ1) is 13.1. The van der Waals surface area contributed by atoms with Crippen molar-refractivity contribution < 1.29 is 33.1 Å². The lowest BCUT2D eigenvalue weighted by molar-refractivity contribution is -0.0560. The number of anilines is 2. The van der Waals surface area contributed by atoms with Crippen molar-refractivity contribution in [3.63, 3.8) is 0 Å². The van der Waals surface area contributed by atoms with Gasteiger partial charge in [0.25, 0.3) is 0 Å². The van der Waals surface area contributed by atoms with Crippen molar-refractivity contribution in [2.45, 2.75) is 49.9 Å². The normalized spacial score (nSPS) is 30.8. The Hall–Kier alpha value is -1.89. The smallest absolute Gasteiger partial charge is 0.387 e. The highest BCUT2D eigenvalue weighted by Crippen LogP contribution is 2.45. The second-order valence-corrected chi connectivity index (χ2v) is 8.32. The van der Waals surface area contributed by atoms with E-state index in [1.807, 2.05) is 0 Å². The third-order valence-corrected chi connectivity index (χ3v) is 5.22. The molecule has 0 unspecified atom stereocenters. The molecular weight excluding hydrogens is 398 g/mol. The van der Waals surface area contributed by atoms with Gasteiger partial charge in [-0.3, -0.25) is 9.09 Å². The van der Waals surface area contributed by atoms with Gasteiger partial charge in [-0.2, -0.15) is 9.97 Å². The molecule has 2 aromatic heterocycles. The fourth-order valence-electron chi connectivity index (χ4n) is 3.15. The molecule has 4 atom stereocenters. The topological polar surface area (TPSA) is 178 Å². The summed E-state index contributed by atoms with van der Waals surface area (Å²) in [7, 11) is -4.80. The number of hydrogen-bond donors (Lipinski definition) is 5. The largest absolute Gasteiger partial charge is 0.469 e. The zero-order valence-corrected chi connectivity index (χ0v) is 15.7. The number of nitrogens with zero attached hydrogens (tertiary/aromatic N) is 4. The molecule has 2 fully saturated rings. The lowest BCUT2D eigenvalue weighted by atomic mass is 9.98. The number of nitrogen functional groups attached to an aromatic ring is 1. The maximum atomic E-state index is 15.3. The summed E-state index contributed by atoms with van der Waals surface area (Å²) >= 11 is 0. The number of aliphatic hydroxyl groups excluding tert-OH is 1. The van der Waals surface area contributed by atoms with Crippen LogP contribution in [0.4, 0.5) is 16.2 Å². The van der Waals surface area contributed by atoms with Gasteiger partial charge in [0.2, 0.25) is 5.95 Å². The minimum absolute atomic E-state index is 0.0436. The molecule has 0 amide bonds. The first-order valence-electron chi connectivity index (χ1n) is 8.55. The first kappa shape index (κ1) is 19.4. The Morgan fingerprint density at radius 3 is 2.86 bits per heavy atom. The van der Waals surface area contributed by atoms with Crippen molar-refractivity contribution in [1.82, 2.24) is 19.5 Å². The summed E-state index contributed by atoms with van der Waals surface area (Å²) in [5.74, 6) is 0.377. The summed E-state index contributed by atoms with van der Waals surface area (Å²) in [6, 6.07) is 0.271. The van der Waals surface area contributed by atoms with Gasteiger partial charge in [-0.15, -0.1) is 0 Å². The molecule has 1 saturated carbocycles. The summed E-state index contributed by atoms with van der Waals surface area (Å²) in [6.45, 7) is 0.416. The van der Waals surface area contributed by atoms with Crippen LogP contribution in [0.15, 0.2) is 6.33 Å². The van der Waals surface area contributed by atoms with E-state index in [2.05, 4.69) is 24.8 Å². The summed E-state index contributed by atoms with van der Waals surface area (Å²) in [5, 5.41) is 13.4. The molecule has 28 heavy (non-hydrogen) atoms. The van der Waals surface area contributed by atoms with Gasteiger partial charge < -0.3 is 30.7 Å². The zero-order chi connectivity index (χ0) is 20.3. The highest BCUT2D eigenvalue weighted by atomic mass is 31.2. The van der Waals surface area contributed by atoms with Crippen molar-refractivity contribution in [1.29, 1.82) is 0 Å². The van der Waals surface area contributed by atoms with Crippen LogP contribution in [0.25, 0.3) is 11.2 Å². The van der Waals surface area contributed by atoms with Gasteiger partial charge in [0.1, 0.15) is 12.2 Å². The number of aliphatic hydroxyl groups is 1. The van der Waals surface area contributed by atoms with E-state index < -0.39 is 38.5 Å². The van der Waals surface area contributed by atoms with Crippen molar-refractivity contribution in [3.8, 4) is 0 Å². The molecule has 1 saturated heterocycles. The molecule has 1 aliphatic heterocycles. The Labute approximate surface area is 158 Å². The molecule has 0 aromatic carbocycles. The van der Waals surface area contributed by atoms with Crippen LogP contribution in [-0.4, -0.2) is 64.9 Å². The number of halogens is 1. The Bertz CT molecular complexity index is 946. The van der Waals surface area contributed by atoms with Crippen LogP contribution in [0.2, 0.25) is 0 Å². The van der Waals surface area contributed by atoms with E-state index in [0.29, 0.717) is 11.3 Å². The molecule has 2 aliphatic rings. The average Bonchev–Trinajstić information content (AvgIpc) is 3.25. The van der Waals surface area contributed by atoms with E-state index in [-0.39, 0.29) is 17.6 Å². The van der Waals surface area contributed by atoms with Crippen molar-refractivity contribution >= 4 is 30.8 Å². The number of rotatable bonds is 6. The number of nitrogens with one attached hydrogen (secondary N) is 1. The minimum atomic E-state index is -4.80. The van der Waals surface area contributed by atoms with Crippen LogP contribution in [-0.2, 0) is 13.8 Å². The molecule has 0 spiro atoms. The molecule has 4 rings (SSSR count). The number of ether oxygens (including phenoxy) is 1. The van der Waals surface area contributed by atoms with E-state index in [4.69, 9.17) is 20.3 Å². The predicted molar refractivity (Wildman–Crippen MR) is 93.8 cm³/mol. The van der Waals surface area contributed by atoms with E-state index in [9.17, 15) is 9.67 Å². The average molecular weight is 418 g/mol. The van der Waals surface area contributed by atoms with Crippen LogP contribution < -0.4 is 11.1 Å². The number of nitrogens with two attached hydrogens (primary N) is 1. The van der Waals surface area contributed by atoms with Gasteiger partial charge in [-0.1, -0.05) is 0 Å². The highest BCUT2D eigenvalue weighted by Gasteiger charge is 2.55. The fourth-order valence-corrected chi connectivity index (χ4v) is 3.49. The molecule has 6 N–H and O–H groups in total. The molecule has 12 nitrogen and oxygen atoms in total. The standard InChI is InChI=1S/C14H20FN6O6P/c1-14(15)9(22)7(4-26-28(23,24)25)27-12(14)21-5-17-8-10(18-6-2-3-6)19-13(16)20-11(8)21/h5-7,9,12,22H,2-4H2,1H3,(H2,23,24,25)(H3,16,18,19,20)/t7-,9-,12-,14-/m1/s1. The molecular formula is C14H20FN6O6P. The molecule has 1 aliphatic carbocycles. The van der Waals surface area contributed by atoms with Crippen molar-refractivity contribution in [2.75, 3.05) is 17.7 Å². The lowest BCUT2D eigenvalue weighted by Crippen LogP contribution is -2.40. The van der Waals surface area contributed by atoms with E-state index in [1.54, 1.807) is 0 Å². The molecule has 2 aromatic rings. The van der Waals surface area contributed by atoms with Gasteiger partial charge >= 0.3 is 7.82 Å². The predicted octanol–water partition coefficient (Wildman–Crippen LogP) is 0.0786. The third kappa shape index (κ3) is 3.56. The van der Waals surface area contributed by atoms with Gasteiger partial charge in [0.05, 0.1) is 12.9 Å². The number of hydrogen-bond acceptors (Lipinski definition) is 9. The molecule has 3 heterocycles. The number of phosphoric acid groups is 1. The quantitative estimate of drug-likeness (QED) is 0.401. The van der Waals surface area contributed by atoms with Gasteiger partial charge in [0, 0.05) is 6.04 Å². The Kier molecular flexibility index (Phi) is 4.56. The van der Waals surface area contributed by atoms with Gasteiger partial charge in [-0.05, 0) is 19.8 Å². The number of fused-ring (bicyclic) bond motifs is 1. The minimum Gasteiger partial charge on any atom is -0.387 e. The second kappa shape index (κ2) is 6.58. The number of alkyl halides is 1. The monoisotopic (exact) mass is 418 g/mol. The SMILES string of the molecule is C[C@@]1(F)[C@H](O)[C@@H](COP(=O)(O)O)O[C@H]1n1cnc2c(NC3CC3)nc(N)nc21. The maximum absolute atomic E-state index is 15.3. The van der Waals surface area contributed by atoms with Crippen molar-refractivity contribution in [2.24, 2.45) is 0 Å². The van der Waals surface area contributed by atoms with Crippen LogP contribution in [0.5, 0.6) is 0 Å².